The number of aromatic nitrogens is 2. The van der Waals surface area contributed by atoms with Crippen LogP contribution in [0.5, 0.6) is 11.5 Å². The molecule has 1 amide bonds. The summed E-state index contributed by atoms with van der Waals surface area (Å²) in [6, 6.07) is 25.4. The van der Waals surface area contributed by atoms with E-state index in [1.54, 1.807) is 22.9 Å². The van der Waals surface area contributed by atoms with Crippen molar-refractivity contribution < 1.29 is 24.2 Å². The third-order valence-corrected chi connectivity index (χ3v) is 5.01. The number of amides is 1. The number of hydrogen-bond acceptors (Lipinski definition) is 6. The van der Waals surface area contributed by atoms with Crippen LogP contribution in [-0.4, -0.2) is 40.5 Å². The summed E-state index contributed by atoms with van der Waals surface area (Å²) in [4.78, 5) is 24.6. The van der Waals surface area contributed by atoms with Crippen molar-refractivity contribution in [3.8, 4) is 28.4 Å². The van der Waals surface area contributed by atoms with Crippen LogP contribution in [0.3, 0.4) is 0 Å². The summed E-state index contributed by atoms with van der Waals surface area (Å²) in [5.74, 6) is -0.467. The van der Waals surface area contributed by atoms with Gasteiger partial charge in [-0.05, 0) is 35.9 Å². The molecule has 0 aliphatic rings. The third-order valence-electron chi connectivity index (χ3n) is 5.01. The molecule has 0 saturated heterocycles. The Bertz CT molecular complexity index is 1350. The lowest BCUT2D eigenvalue weighted by molar-refractivity contribution is -0.142. The number of benzene rings is 3. The summed E-state index contributed by atoms with van der Waals surface area (Å²) >= 11 is 0. The molecule has 0 atom stereocenters. The van der Waals surface area contributed by atoms with Gasteiger partial charge in [-0.1, -0.05) is 54.6 Å². The molecule has 0 spiro atoms. The minimum atomic E-state index is -0.686. The maximum atomic E-state index is 12.5. The molecule has 8 heteroatoms. The van der Waals surface area contributed by atoms with Crippen molar-refractivity contribution in [1.29, 1.82) is 0 Å². The van der Waals surface area contributed by atoms with Gasteiger partial charge in [0.2, 0.25) is 0 Å². The van der Waals surface area contributed by atoms with E-state index in [1.807, 2.05) is 60.7 Å². The van der Waals surface area contributed by atoms with E-state index in [9.17, 15) is 14.7 Å². The summed E-state index contributed by atoms with van der Waals surface area (Å²) < 4.78 is 11.7. The number of methoxy groups -OCH3 is 1. The fourth-order valence-electron chi connectivity index (χ4n) is 3.31. The Morgan fingerprint density at radius 2 is 1.71 bits per heavy atom. The van der Waals surface area contributed by atoms with Crippen LogP contribution >= 0.6 is 0 Å². The van der Waals surface area contributed by atoms with E-state index in [2.05, 4.69) is 10.4 Å². The minimum absolute atomic E-state index is 0.00550. The van der Waals surface area contributed by atoms with Crippen molar-refractivity contribution in [2.75, 3.05) is 19.0 Å². The van der Waals surface area contributed by atoms with E-state index >= 15 is 0 Å². The molecule has 0 radical (unpaired) electrons. The number of phenolic OH excluding ortho intramolecular Hbond substituents is 1. The Balaban J connectivity index is 1.43. The Kier molecular flexibility index (Phi) is 7.22. The van der Waals surface area contributed by atoms with Gasteiger partial charge in [-0.3, -0.25) is 4.79 Å². The number of ether oxygens (including phenoxy) is 2. The number of esters is 1. The summed E-state index contributed by atoms with van der Waals surface area (Å²) in [7, 11) is 1.43. The smallest absolute Gasteiger partial charge is 0.331 e. The summed E-state index contributed by atoms with van der Waals surface area (Å²) in [5.41, 5.74) is 2.99. The molecule has 2 N–H and O–H groups in total. The number of nitrogens with zero attached hydrogens (tertiary/aromatic N) is 2. The molecule has 35 heavy (non-hydrogen) atoms. The number of para-hydroxylation sites is 1. The highest BCUT2D eigenvalue weighted by molar-refractivity contribution is 5.94. The normalized spacial score (nSPS) is 10.8. The van der Waals surface area contributed by atoms with Crippen molar-refractivity contribution >= 4 is 23.8 Å². The zero-order valence-corrected chi connectivity index (χ0v) is 18.9. The first-order chi connectivity index (χ1) is 17.0. The molecule has 1 heterocycles. The summed E-state index contributed by atoms with van der Waals surface area (Å²) in [6.07, 6.45) is 2.69. The SMILES string of the molecule is COc1cc(/C=C/C(=O)OCC(=O)Nc2cc(-c3ccccc3)nn2-c2ccccc2)ccc1O. The lowest BCUT2D eigenvalue weighted by Gasteiger charge is -2.08. The number of nitrogens with one attached hydrogen (secondary N) is 1. The lowest BCUT2D eigenvalue weighted by Crippen LogP contribution is -2.21. The first kappa shape index (κ1) is 23.3. The number of carbonyl (C=O) groups is 2. The van der Waals surface area contributed by atoms with Crippen LogP contribution in [0, 0.1) is 0 Å². The van der Waals surface area contributed by atoms with Crippen LogP contribution in [0.25, 0.3) is 23.0 Å². The van der Waals surface area contributed by atoms with Gasteiger partial charge in [-0.15, -0.1) is 0 Å². The van der Waals surface area contributed by atoms with Gasteiger partial charge in [-0.25, -0.2) is 9.48 Å². The Morgan fingerprint density at radius 1 is 1.00 bits per heavy atom. The van der Waals surface area contributed by atoms with E-state index in [0.29, 0.717) is 17.1 Å². The highest BCUT2D eigenvalue weighted by atomic mass is 16.5. The van der Waals surface area contributed by atoms with Crippen molar-refractivity contribution in [2.45, 2.75) is 0 Å². The second-order valence-corrected chi connectivity index (χ2v) is 7.45. The first-order valence-electron chi connectivity index (χ1n) is 10.8. The van der Waals surface area contributed by atoms with Gasteiger partial charge in [0.25, 0.3) is 5.91 Å². The van der Waals surface area contributed by atoms with E-state index in [4.69, 9.17) is 9.47 Å². The Morgan fingerprint density at radius 3 is 2.43 bits per heavy atom. The average molecular weight is 469 g/mol. The maximum Gasteiger partial charge on any atom is 0.331 e. The van der Waals surface area contributed by atoms with Gasteiger partial charge >= 0.3 is 5.97 Å². The van der Waals surface area contributed by atoms with Crippen LogP contribution in [0.15, 0.2) is 91.0 Å². The monoisotopic (exact) mass is 469 g/mol. The van der Waals surface area contributed by atoms with Crippen molar-refractivity contribution in [1.82, 2.24) is 9.78 Å². The number of carbonyl (C=O) groups excluding carboxylic acids is 2. The Labute approximate surface area is 202 Å². The lowest BCUT2D eigenvalue weighted by atomic mass is 10.2. The largest absolute Gasteiger partial charge is 0.504 e. The standard InChI is InChI=1S/C27H23N3O5/c1-34-24-16-19(12-14-23(24)31)13-15-27(33)35-18-26(32)28-25-17-22(20-8-4-2-5-9-20)29-30(25)21-10-6-3-7-11-21/h2-17,31H,18H2,1H3,(H,28,32)/b15-13+. The molecule has 0 fully saturated rings. The summed E-state index contributed by atoms with van der Waals surface area (Å²) in [6.45, 7) is -0.470. The fraction of sp³-hybridized carbons (Fsp3) is 0.0741. The molecular weight excluding hydrogens is 446 g/mol. The molecule has 0 aliphatic carbocycles. The van der Waals surface area contributed by atoms with E-state index in [0.717, 1.165) is 11.3 Å². The number of anilines is 1. The van der Waals surface area contributed by atoms with E-state index in [-0.39, 0.29) is 11.5 Å². The van der Waals surface area contributed by atoms with Gasteiger partial charge in [0, 0.05) is 17.7 Å². The van der Waals surface area contributed by atoms with Crippen molar-refractivity contribution in [3.05, 3.63) is 96.6 Å². The van der Waals surface area contributed by atoms with E-state index in [1.165, 1.54) is 25.3 Å². The highest BCUT2D eigenvalue weighted by Gasteiger charge is 2.14. The topological polar surface area (TPSA) is 103 Å². The first-order valence-corrected chi connectivity index (χ1v) is 10.8. The quantitative estimate of drug-likeness (QED) is 0.292. The second kappa shape index (κ2) is 10.8. The minimum Gasteiger partial charge on any atom is -0.504 e. The molecule has 176 valence electrons. The molecule has 1 aromatic heterocycles. The molecule has 0 saturated carbocycles. The van der Waals surface area contributed by atoms with Crippen LogP contribution < -0.4 is 10.1 Å². The van der Waals surface area contributed by atoms with Gasteiger partial charge < -0.3 is 19.9 Å². The number of aromatic hydroxyl groups is 1. The van der Waals surface area contributed by atoms with Crippen molar-refractivity contribution in [2.24, 2.45) is 0 Å². The van der Waals surface area contributed by atoms with Crippen LogP contribution in [0.2, 0.25) is 0 Å². The second-order valence-electron chi connectivity index (χ2n) is 7.45. The molecule has 8 nitrogen and oxygen atoms in total. The molecular formula is C27H23N3O5. The van der Waals surface area contributed by atoms with Crippen LogP contribution in [-0.2, 0) is 14.3 Å². The van der Waals surface area contributed by atoms with Crippen molar-refractivity contribution in [3.63, 3.8) is 0 Å². The maximum absolute atomic E-state index is 12.5. The molecule has 0 aliphatic heterocycles. The highest BCUT2D eigenvalue weighted by Crippen LogP contribution is 2.27. The van der Waals surface area contributed by atoms with Gasteiger partial charge in [0.05, 0.1) is 18.5 Å². The molecule has 4 aromatic rings. The number of phenols is 1. The molecule has 0 unspecified atom stereocenters. The Hall–Kier alpha value is -4.85. The fourth-order valence-corrected chi connectivity index (χ4v) is 3.31. The predicted molar refractivity (Wildman–Crippen MR) is 132 cm³/mol. The summed E-state index contributed by atoms with van der Waals surface area (Å²) in [5, 5.41) is 17.0. The van der Waals surface area contributed by atoms with E-state index < -0.39 is 18.5 Å². The van der Waals surface area contributed by atoms with Crippen LogP contribution in [0.1, 0.15) is 5.56 Å². The van der Waals surface area contributed by atoms with Crippen LogP contribution in [0.4, 0.5) is 5.82 Å². The van der Waals surface area contributed by atoms with Gasteiger partial charge in [-0.2, -0.15) is 5.10 Å². The van der Waals surface area contributed by atoms with Gasteiger partial charge in [0.1, 0.15) is 5.82 Å². The average Bonchev–Trinajstić information content (AvgIpc) is 3.31. The molecule has 3 aromatic carbocycles. The zero-order valence-electron chi connectivity index (χ0n) is 18.9. The zero-order chi connectivity index (χ0) is 24.6. The number of hydrogen-bond donors (Lipinski definition) is 2. The molecule has 0 bridgehead atoms. The number of rotatable bonds is 8. The predicted octanol–water partition coefficient (Wildman–Crippen LogP) is 4.45. The van der Waals surface area contributed by atoms with Gasteiger partial charge in [0.15, 0.2) is 18.1 Å². The third kappa shape index (κ3) is 5.94. The molecule has 4 rings (SSSR count).